The molecule has 3 heteroatoms. The Morgan fingerprint density at radius 3 is 2.36 bits per heavy atom. The van der Waals surface area contributed by atoms with Crippen LogP contribution in [0.4, 0.5) is 0 Å². The molecule has 0 heterocycles. The first-order valence-corrected chi connectivity index (χ1v) is 5.49. The molecule has 0 saturated carbocycles. The van der Waals surface area contributed by atoms with Crippen molar-refractivity contribution in [1.29, 1.82) is 0 Å². The van der Waals surface area contributed by atoms with Gasteiger partial charge in [-0.25, -0.2) is 0 Å². The van der Waals surface area contributed by atoms with Crippen molar-refractivity contribution in [2.45, 2.75) is 25.4 Å². The monoisotopic (exact) mass is 258 g/mol. The van der Waals surface area contributed by atoms with Crippen molar-refractivity contribution >= 4 is 15.9 Å². The summed E-state index contributed by atoms with van der Waals surface area (Å²) in [6, 6.07) is 7.87. The third kappa shape index (κ3) is 3.08. The molecule has 0 spiro atoms. The third-order valence-electron chi connectivity index (χ3n) is 2.40. The molecule has 0 aliphatic rings. The van der Waals surface area contributed by atoms with Crippen molar-refractivity contribution in [1.82, 2.24) is 0 Å². The number of rotatable bonds is 4. The van der Waals surface area contributed by atoms with E-state index in [2.05, 4.69) is 15.9 Å². The predicted octanol–water partition coefficient (Wildman–Crippen LogP) is 2.30. The SMILES string of the molecule is C[C@H](c1ccc(Br)cc1)[C@@H](O)CCO. The molecule has 0 amide bonds. The fourth-order valence-corrected chi connectivity index (χ4v) is 1.64. The second kappa shape index (κ2) is 5.49. The molecule has 0 fully saturated rings. The van der Waals surface area contributed by atoms with Crippen molar-refractivity contribution in [2.75, 3.05) is 6.61 Å². The van der Waals surface area contributed by atoms with E-state index in [4.69, 9.17) is 5.11 Å². The summed E-state index contributed by atoms with van der Waals surface area (Å²) < 4.78 is 1.03. The van der Waals surface area contributed by atoms with Gasteiger partial charge in [0, 0.05) is 17.0 Å². The Bertz CT molecular complexity index is 271. The molecule has 1 aromatic rings. The summed E-state index contributed by atoms with van der Waals surface area (Å²) in [5.41, 5.74) is 1.09. The maximum atomic E-state index is 9.67. The summed E-state index contributed by atoms with van der Waals surface area (Å²) in [7, 11) is 0. The smallest absolute Gasteiger partial charge is 0.0627 e. The van der Waals surface area contributed by atoms with Crippen LogP contribution in [0.1, 0.15) is 24.8 Å². The van der Waals surface area contributed by atoms with E-state index in [1.807, 2.05) is 31.2 Å². The fourth-order valence-electron chi connectivity index (χ4n) is 1.37. The number of aliphatic hydroxyl groups is 2. The molecule has 0 aliphatic heterocycles. The molecule has 0 saturated heterocycles. The summed E-state index contributed by atoms with van der Waals surface area (Å²) in [6.07, 6.45) is -0.0433. The molecule has 14 heavy (non-hydrogen) atoms. The number of hydrogen-bond acceptors (Lipinski definition) is 2. The standard InChI is InChI=1S/C11H15BrO2/c1-8(11(14)6-7-13)9-2-4-10(12)5-3-9/h2-5,8,11,13-14H,6-7H2,1H3/t8-,11+/m1/s1. The second-order valence-corrected chi connectivity index (χ2v) is 4.34. The summed E-state index contributed by atoms with van der Waals surface area (Å²) in [6.45, 7) is 1.99. The van der Waals surface area contributed by atoms with Gasteiger partial charge in [-0.1, -0.05) is 35.0 Å². The van der Waals surface area contributed by atoms with Gasteiger partial charge in [0.2, 0.25) is 0 Å². The first-order chi connectivity index (χ1) is 6.65. The van der Waals surface area contributed by atoms with Crippen molar-refractivity contribution in [3.8, 4) is 0 Å². The van der Waals surface area contributed by atoms with E-state index in [9.17, 15) is 5.11 Å². The molecule has 0 unspecified atom stereocenters. The van der Waals surface area contributed by atoms with Crippen molar-refractivity contribution in [3.05, 3.63) is 34.3 Å². The minimum atomic E-state index is -0.471. The average Bonchev–Trinajstić information content (AvgIpc) is 2.18. The fraction of sp³-hybridized carbons (Fsp3) is 0.455. The molecule has 2 atom stereocenters. The zero-order chi connectivity index (χ0) is 10.6. The molecule has 0 bridgehead atoms. The maximum absolute atomic E-state index is 9.67. The highest BCUT2D eigenvalue weighted by molar-refractivity contribution is 9.10. The lowest BCUT2D eigenvalue weighted by Gasteiger charge is -2.18. The van der Waals surface area contributed by atoms with Gasteiger partial charge in [-0.2, -0.15) is 0 Å². The van der Waals surface area contributed by atoms with Crippen LogP contribution in [-0.2, 0) is 0 Å². The van der Waals surface area contributed by atoms with E-state index in [1.54, 1.807) is 0 Å². The molecule has 0 aliphatic carbocycles. The van der Waals surface area contributed by atoms with Crippen LogP contribution in [0.15, 0.2) is 28.7 Å². The van der Waals surface area contributed by atoms with Crippen LogP contribution in [0, 0.1) is 0 Å². The van der Waals surface area contributed by atoms with Gasteiger partial charge in [-0.15, -0.1) is 0 Å². The number of hydrogen-bond donors (Lipinski definition) is 2. The zero-order valence-corrected chi connectivity index (χ0v) is 9.74. The van der Waals surface area contributed by atoms with Crippen LogP contribution < -0.4 is 0 Å². The van der Waals surface area contributed by atoms with E-state index in [0.717, 1.165) is 10.0 Å². The van der Waals surface area contributed by atoms with Crippen LogP contribution in [0.3, 0.4) is 0 Å². The number of aliphatic hydroxyl groups excluding tert-OH is 2. The van der Waals surface area contributed by atoms with E-state index in [0.29, 0.717) is 6.42 Å². The molecule has 2 nitrogen and oxygen atoms in total. The summed E-state index contributed by atoms with van der Waals surface area (Å²) in [5, 5.41) is 18.4. The van der Waals surface area contributed by atoms with Crippen LogP contribution in [0.25, 0.3) is 0 Å². The molecule has 1 aromatic carbocycles. The average molecular weight is 259 g/mol. The predicted molar refractivity (Wildman–Crippen MR) is 60.3 cm³/mol. The Morgan fingerprint density at radius 2 is 1.86 bits per heavy atom. The minimum absolute atomic E-state index is 0.0298. The Labute approximate surface area is 92.7 Å². The normalized spacial score (nSPS) is 15.1. The summed E-state index contributed by atoms with van der Waals surface area (Å²) in [5.74, 6) is 0.0650. The minimum Gasteiger partial charge on any atom is -0.396 e. The van der Waals surface area contributed by atoms with E-state index < -0.39 is 6.10 Å². The van der Waals surface area contributed by atoms with Crippen LogP contribution >= 0.6 is 15.9 Å². The summed E-state index contributed by atoms with van der Waals surface area (Å²) in [4.78, 5) is 0. The summed E-state index contributed by atoms with van der Waals surface area (Å²) >= 11 is 3.36. The van der Waals surface area contributed by atoms with Gasteiger partial charge in [0.15, 0.2) is 0 Å². The quantitative estimate of drug-likeness (QED) is 0.871. The first-order valence-electron chi connectivity index (χ1n) is 4.69. The lowest BCUT2D eigenvalue weighted by molar-refractivity contribution is 0.113. The molecule has 2 N–H and O–H groups in total. The number of halogens is 1. The van der Waals surface area contributed by atoms with E-state index in [-0.39, 0.29) is 12.5 Å². The zero-order valence-electron chi connectivity index (χ0n) is 8.15. The van der Waals surface area contributed by atoms with Crippen molar-refractivity contribution < 1.29 is 10.2 Å². The van der Waals surface area contributed by atoms with Gasteiger partial charge in [-0.05, 0) is 24.1 Å². The van der Waals surface area contributed by atoms with Gasteiger partial charge in [0.1, 0.15) is 0 Å². The van der Waals surface area contributed by atoms with Crippen molar-refractivity contribution in [3.63, 3.8) is 0 Å². The Hall–Kier alpha value is -0.380. The number of benzene rings is 1. The van der Waals surface area contributed by atoms with E-state index >= 15 is 0 Å². The second-order valence-electron chi connectivity index (χ2n) is 3.42. The third-order valence-corrected chi connectivity index (χ3v) is 2.93. The Kier molecular flexibility index (Phi) is 4.58. The largest absolute Gasteiger partial charge is 0.396 e. The molecule has 78 valence electrons. The van der Waals surface area contributed by atoms with Gasteiger partial charge < -0.3 is 10.2 Å². The molecule has 0 aromatic heterocycles. The lowest BCUT2D eigenvalue weighted by atomic mass is 9.94. The van der Waals surface area contributed by atoms with Gasteiger partial charge in [0.25, 0.3) is 0 Å². The molecule has 0 radical (unpaired) electrons. The molecular weight excluding hydrogens is 244 g/mol. The molecular formula is C11H15BrO2. The maximum Gasteiger partial charge on any atom is 0.0627 e. The lowest BCUT2D eigenvalue weighted by Crippen LogP contribution is -2.17. The highest BCUT2D eigenvalue weighted by Crippen LogP contribution is 2.22. The Morgan fingerprint density at radius 1 is 1.29 bits per heavy atom. The molecule has 1 rings (SSSR count). The Balaban J connectivity index is 2.68. The highest BCUT2D eigenvalue weighted by atomic mass is 79.9. The highest BCUT2D eigenvalue weighted by Gasteiger charge is 2.15. The van der Waals surface area contributed by atoms with Gasteiger partial charge in [-0.3, -0.25) is 0 Å². The first kappa shape index (κ1) is 11.7. The van der Waals surface area contributed by atoms with Gasteiger partial charge >= 0.3 is 0 Å². The van der Waals surface area contributed by atoms with Crippen molar-refractivity contribution in [2.24, 2.45) is 0 Å². The van der Waals surface area contributed by atoms with Crippen LogP contribution in [0.2, 0.25) is 0 Å². The van der Waals surface area contributed by atoms with Crippen LogP contribution in [0.5, 0.6) is 0 Å². The van der Waals surface area contributed by atoms with E-state index in [1.165, 1.54) is 0 Å². The topological polar surface area (TPSA) is 40.5 Å². The van der Waals surface area contributed by atoms with Crippen LogP contribution in [-0.4, -0.2) is 22.9 Å². The van der Waals surface area contributed by atoms with Gasteiger partial charge in [0.05, 0.1) is 6.10 Å².